The Hall–Kier alpha value is -3.94. The topological polar surface area (TPSA) is 67.8 Å². The summed E-state index contributed by atoms with van der Waals surface area (Å²) in [5.41, 5.74) is 2.13. The van der Waals surface area contributed by atoms with E-state index in [2.05, 4.69) is 5.32 Å². The summed E-state index contributed by atoms with van der Waals surface area (Å²) in [5, 5.41) is 2.57. The van der Waals surface area contributed by atoms with Crippen LogP contribution >= 0.6 is 0 Å². The first-order valence-corrected chi connectivity index (χ1v) is 11.3. The van der Waals surface area contributed by atoms with Crippen molar-refractivity contribution in [2.75, 3.05) is 12.4 Å². The summed E-state index contributed by atoms with van der Waals surface area (Å²) < 4.78 is 44.1. The van der Waals surface area contributed by atoms with Crippen LogP contribution in [0.25, 0.3) is 0 Å². The fourth-order valence-corrected chi connectivity index (χ4v) is 4.20. The normalized spacial score (nSPS) is 14.4. The van der Waals surface area contributed by atoms with E-state index in [4.69, 9.17) is 9.73 Å². The zero-order valence-corrected chi connectivity index (χ0v) is 20.1. The Morgan fingerprint density at radius 3 is 2.39 bits per heavy atom. The number of halogens is 3. The summed E-state index contributed by atoms with van der Waals surface area (Å²) in [6, 6.07) is 16.2. The zero-order chi connectivity index (χ0) is 26.1. The summed E-state index contributed by atoms with van der Waals surface area (Å²) in [6.45, 7) is 4.04. The fourth-order valence-electron chi connectivity index (χ4n) is 4.20. The molecule has 0 bridgehead atoms. The molecule has 0 atom stereocenters. The Balaban J connectivity index is 1.48. The largest absolute Gasteiger partial charge is 0.497 e. The van der Waals surface area contributed by atoms with Gasteiger partial charge in [-0.2, -0.15) is 13.2 Å². The molecule has 0 radical (unpaired) electrons. The van der Waals surface area contributed by atoms with Crippen molar-refractivity contribution in [3.8, 4) is 5.75 Å². The highest BCUT2D eigenvalue weighted by atomic mass is 19.4. The van der Waals surface area contributed by atoms with E-state index in [0.29, 0.717) is 22.7 Å². The number of rotatable bonds is 6. The Labute approximate surface area is 207 Å². The quantitative estimate of drug-likeness (QED) is 0.405. The van der Waals surface area contributed by atoms with Crippen LogP contribution in [0, 0.1) is 0 Å². The number of hydrogen-bond acceptors (Lipinski definition) is 4. The molecule has 0 saturated heterocycles. The Bertz CT molecular complexity index is 1340. The van der Waals surface area contributed by atoms with Gasteiger partial charge < -0.3 is 10.1 Å². The summed E-state index contributed by atoms with van der Waals surface area (Å²) in [4.78, 5) is 30.3. The predicted octanol–water partition coefficient (Wildman–Crippen LogP) is 6.36. The van der Waals surface area contributed by atoms with Crippen LogP contribution < -0.4 is 10.1 Å². The Morgan fingerprint density at radius 1 is 1.00 bits per heavy atom. The molecule has 0 fully saturated rings. The lowest BCUT2D eigenvalue weighted by Crippen LogP contribution is -2.30. The van der Waals surface area contributed by atoms with Crippen LogP contribution in [0.2, 0.25) is 0 Å². The van der Waals surface area contributed by atoms with Gasteiger partial charge in [-0.3, -0.25) is 14.6 Å². The van der Waals surface area contributed by atoms with Gasteiger partial charge in [0.25, 0.3) is 5.91 Å². The number of ketones is 1. The maximum Gasteiger partial charge on any atom is 0.416 e. The Kier molecular flexibility index (Phi) is 6.71. The van der Waals surface area contributed by atoms with E-state index in [1.165, 1.54) is 12.1 Å². The third-order valence-corrected chi connectivity index (χ3v) is 5.93. The molecule has 1 aliphatic heterocycles. The number of methoxy groups -OCH3 is 1. The van der Waals surface area contributed by atoms with Crippen LogP contribution in [-0.4, -0.2) is 30.1 Å². The van der Waals surface area contributed by atoms with Gasteiger partial charge in [0.1, 0.15) is 5.75 Å². The zero-order valence-electron chi connectivity index (χ0n) is 20.1. The summed E-state index contributed by atoms with van der Waals surface area (Å²) >= 11 is 0. The van der Waals surface area contributed by atoms with E-state index >= 15 is 0 Å². The minimum absolute atomic E-state index is 0.0968. The molecule has 0 aliphatic carbocycles. The lowest BCUT2D eigenvalue weighted by molar-refractivity contribution is -0.137. The number of amides is 1. The summed E-state index contributed by atoms with van der Waals surface area (Å²) in [6.07, 6.45) is -3.69. The minimum atomic E-state index is -4.54. The molecule has 36 heavy (non-hydrogen) atoms. The predicted molar refractivity (Wildman–Crippen MR) is 132 cm³/mol. The second kappa shape index (κ2) is 9.60. The van der Waals surface area contributed by atoms with E-state index in [0.717, 1.165) is 29.7 Å². The van der Waals surface area contributed by atoms with Crippen molar-refractivity contribution in [3.63, 3.8) is 0 Å². The molecule has 0 aromatic heterocycles. The SMILES string of the molecule is COc1ccc2c(c1)C(CC(=O)c1ccc(NC(=O)c3cccc(C(F)(F)F)c3)cc1)=NC(C)(C)C2. The molecule has 0 spiro atoms. The van der Waals surface area contributed by atoms with Gasteiger partial charge in [0.2, 0.25) is 0 Å². The number of fused-ring (bicyclic) bond motifs is 1. The van der Waals surface area contributed by atoms with Crippen molar-refractivity contribution in [2.24, 2.45) is 4.99 Å². The van der Waals surface area contributed by atoms with E-state index < -0.39 is 17.6 Å². The second-order valence-electron chi connectivity index (χ2n) is 9.28. The van der Waals surface area contributed by atoms with Gasteiger partial charge in [-0.25, -0.2) is 0 Å². The summed E-state index contributed by atoms with van der Waals surface area (Å²) in [5.74, 6) is -0.130. The minimum Gasteiger partial charge on any atom is -0.497 e. The molecule has 3 aromatic rings. The average Bonchev–Trinajstić information content (AvgIpc) is 2.83. The molecule has 4 rings (SSSR count). The number of alkyl halides is 3. The Morgan fingerprint density at radius 2 is 1.72 bits per heavy atom. The van der Waals surface area contributed by atoms with Gasteiger partial charge in [-0.05, 0) is 80.4 Å². The van der Waals surface area contributed by atoms with Crippen LogP contribution in [0.1, 0.15) is 57.7 Å². The maximum atomic E-state index is 13.1. The van der Waals surface area contributed by atoms with Gasteiger partial charge in [-0.15, -0.1) is 0 Å². The molecule has 1 aliphatic rings. The summed E-state index contributed by atoms with van der Waals surface area (Å²) in [7, 11) is 1.59. The number of Topliss-reactive ketones (excluding diaryl/α,β-unsaturated/α-hetero) is 1. The third kappa shape index (κ3) is 5.64. The molecule has 186 valence electrons. The van der Waals surface area contributed by atoms with Crippen molar-refractivity contribution in [1.29, 1.82) is 0 Å². The smallest absolute Gasteiger partial charge is 0.416 e. The van der Waals surface area contributed by atoms with Gasteiger partial charge in [-0.1, -0.05) is 12.1 Å². The van der Waals surface area contributed by atoms with Crippen molar-refractivity contribution >= 4 is 23.1 Å². The molecule has 1 heterocycles. The van der Waals surface area contributed by atoms with Gasteiger partial charge in [0.15, 0.2) is 5.78 Å². The lowest BCUT2D eigenvalue weighted by atomic mass is 9.85. The molecule has 1 amide bonds. The first kappa shape index (κ1) is 25.2. The highest BCUT2D eigenvalue weighted by molar-refractivity contribution is 6.17. The third-order valence-electron chi connectivity index (χ3n) is 5.93. The molecular formula is C28H25F3N2O3. The average molecular weight is 495 g/mol. The molecule has 5 nitrogen and oxygen atoms in total. The molecule has 0 saturated carbocycles. The number of carbonyl (C=O) groups excluding carboxylic acids is 2. The van der Waals surface area contributed by atoms with Gasteiger partial charge >= 0.3 is 6.18 Å². The number of carbonyl (C=O) groups is 2. The van der Waals surface area contributed by atoms with Crippen LogP contribution in [-0.2, 0) is 12.6 Å². The fraction of sp³-hybridized carbons (Fsp3) is 0.250. The van der Waals surface area contributed by atoms with E-state index in [1.807, 2.05) is 32.0 Å². The van der Waals surface area contributed by atoms with Gasteiger partial charge in [0.05, 0.1) is 30.3 Å². The number of nitrogens with zero attached hydrogens (tertiary/aromatic N) is 1. The van der Waals surface area contributed by atoms with E-state index in [9.17, 15) is 22.8 Å². The number of ether oxygens (including phenoxy) is 1. The van der Waals surface area contributed by atoms with Crippen LogP contribution in [0.3, 0.4) is 0 Å². The second-order valence-corrected chi connectivity index (χ2v) is 9.28. The van der Waals surface area contributed by atoms with Gasteiger partial charge in [0, 0.05) is 22.4 Å². The van der Waals surface area contributed by atoms with Crippen LogP contribution in [0.5, 0.6) is 5.75 Å². The molecule has 3 aromatic carbocycles. The monoisotopic (exact) mass is 494 g/mol. The molecule has 1 N–H and O–H groups in total. The number of anilines is 1. The lowest BCUT2D eigenvalue weighted by Gasteiger charge is -2.29. The first-order valence-electron chi connectivity index (χ1n) is 11.3. The standard InChI is InChI=1S/C28H25F3N2O3/c1-27(2)16-19-9-12-22(36-3)14-23(19)24(33-27)15-25(34)17-7-10-21(11-8-17)32-26(35)18-5-4-6-20(13-18)28(29,30)31/h4-14H,15-16H2,1-3H3,(H,32,35). The van der Waals surface area contributed by atoms with Crippen LogP contribution in [0.4, 0.5) is 18.9 Å². The maximum absolute atomic E-state index is 13.1. The van der Waals surface area contributed by atoms with Crippen molar-refractivity contribution in [1.82, 2.24) is 0 Å². The number of nitrogens with one attached hydrogen (secondary N) is 1. The number of aliphatic imine (C=N–C) groups is 1. The van der Waals surface area contributed by atoms with Crippen LogP contribution in [0.15, 0.2) is 71.7 Å². The highest BCUT2D eigenvalue weighted by Gasteiger charge is 2.31. The van der Waals surface area contributed by atoms with E-state index in [-0.39, 0.29) is 23.3 Å². The van der Waals surface area contributed by atoms with Crippen molar-refractivity contribution < 1.29 is 27.5 Å². The molecule has 0 unspecified atom stereocenters. The van der Waals surface area contributed by atoms with Crippen molar-refractivity contribution in [3.05, 3.63) is 94.5 Å². The van der Waals surface area contributed by atoms with E-state index in [1.54, 1.807) is 31.4 Å². The number of benzene rings is 3. The number of hydrogen-bond donors (Lipinski definition) is 1. The highest BCUT2D eigenvalue weighted by Crippen LogP contribution is 2.31. The molecular weight excluding hydrogens is 469 g/mol. The molecule has 8 heteroatoms. The van der Waals surface area contributed by atoms with Crippen molar-refractivity contribution in [2.45, 2.75) is 38.4 Å². The first-order chi connectivity index (χ1) is 16.9.